The van der Waals surface area contributed by atoms with Crippen LogP contribution >= 0.6 is 0 Å². The number of carbonyl (C=O) groups is 5. The van der Waals surface area contributed by atoms with Crippen LogP contribution in [0.15, 0.2) is 0 Å². The molecule has 1 fully saturated rings. The van der Waals surface area contributed by atoms with Crippen molar-refractivity contribution in [3.63, 3.8) is 0 Å². The first-order valence-electron chi connectivity index (χ1n) is 11.7. The number of amides is 2. The first kappa shape index (κ1) is 30.2. The molecule has 1 rings (SSSR count). The molecule has 14 nitrogen and oxygen atoms in total. The summed E-state index contributed by atoms with van der Waals surface area (Å²) in [5.41, 5.74) is 0. The second kappa shape index (κ2) is 16.8. The summed E-state index contributed by atoms with van der Waals surface area (Å²) in [6.07, 6.45) is 0.357. The number of nitrogens with zero attached hydrogens (tertiary/aromatic N) is 4. The van der Waals surface area contributed by atoms with Crippen molar-refractivity contribution < 1.29 is 39.3 Å². The van der Waals surface area contributed by atoms with Gasteiger partial charge < -0.3 is 26.0 Å². The Morgan fingerprint density at radius 1 is 0.543 bits per heavy atom. The van der Waals surface area contributed by atoms with Crippen molar-refractivity contribution in [3.05, 3.63) is 0 Å². The molecule has 5 N–H and O–H groups in total. The minimum Gasteiger partial charge on any atom is -0.480 e. The number of hydrogen-bond donors (Lipinski definition) is 5. The summed E-state index contributed by atoms with van der Waals surface area (Å²) < 4.78 is 0. The molecule has 0 unspecified atom stereocenters. The number of aliphatic carboxylic acids is 3. The van der Waals surface area contributed by atoms with Crippen molar-refractivity contribution >= 4 is 29.7 Å². The van der Waals surface area contributed by atoms with E-state index in [-0.39, 0.29) is 44.5 Å². The third-order valence-electron chi connectivity index (χ3n) is 5.46. The van der Waals surface area contributed by atoms with Gasteiger partial charge >= 0.3 is 17.9 Å². The lowest BCUT2D eigenvalue weighted by Gasteiger charge is -2.32. The summed E-state index contributed by atoms with van der Waals surface area (Å²) >= 11 is 0. The maximum absolute atomic E-state index is 12.4. The third kappa shape index (κ3) is 14.9. The van der Waals surface area contributed by atoms with Gasteiger partial charge in [0.05, 0.1) is 26.2 Å². The summed E-state index contributed by atoms with van der Waals surface area (Å²) in [4.78, 5) is 64.4. The number of carboxylic acid groups (broad SMARTS) is 3. The lowest BCUT2D eigenvalue weighted by molar-refractivity contribution is -0.140. The molecule has 0 radical (unpaired) electrons. The Hall–Kier alpha value is -2.81. The number of carboxylic acids is 3. The molecule has 0 bridgehead atoms. The summed E-state index contributed by atoms with van der Waals surface area (Å²) in [7, 11) is 0. The van der Waals surface area contributed by atoms with Gasteiger partial charge in [0.1, 0.15) is 0 Å². The number of hydrogen-bond acceptors (Lipinski definition) is 9. The topological polar surface area (TPSA) is 183 Å². The predicted octanol–water partition coefficient (Wildman–Crippen LogP) is -2.90. The molecule has 2 amide bonds. The molecule has 1 aliphatic rings. The number of carbonyl (C=O) groups excluding carboxylic acids is 2. The number of nitrogens with one attached hydrogen (secondary N) is 2. The van der Waals surface area contributed by atoms with Gasteiger partial charge in [-0.1, -0.05) is 6.92 Å². The molecule has 0 saturated carbocycles. The van der Waals surface area contributed by atoms with Crippen molar-refractivity contribution in [1.82, 2.24) is 30.2 Å². The highest BCUT2D eigenvalue weighted by atomic mass is 16.4. The van der Waals surface area contributed by atoms with Crippen LogP contribution in [-0.2, 0) is 24.0 Å². The van der Waals surface area contributed by atoms with E-state index in [0.717, 1.165) is 0 Å². The zero-order chi connectivity index (χ0) is 26.2. The van der Waals surface area contributed by atoms with Crippen LogP contribution in [0.1, 0.15) is 13.3 Å². The third-order valence-corrected chi connectivity index (χ3v) is 5.46. The van der Waals surface area contributed by atoms with Gasteiger partial charge in [-0.2, -0.15) is 0 Å². The lowest BCUT2D eigenvalue weighted by Crippen LogP contribution is -2.50. The summed E-state index contributed by atoms with van der Waals surface area (Å²) in [5.74, 6) is -3.40. The summed E-state index contributed by atoms with van der Waals surface area (Å²) in [6, 6.07) is 0. The first-order valence-corrected chi connectivity index (χ1v) is 11.7. The Morgan fingerprint density at radius 2 is 0.829 bits per heavy atom. The molecule has 1 aliphatic heterocycles. The Morgan fingerprint density at radius 3 is 1.11 bits per heavy atom. The van der Waals surface area contributed by atoms with Gasteiger partial charge in [-0.25, -0.2) is 0 Å². The highest BCUT2D eigenvalue weighted by Gasteiger charge is 2.21. The Balaban J connectivity index is 2.83. The van der Waals surface area contributed by atoms with Crippen molar-refractivity contribution in [1.29, 1.82) is 0 Å². The van der Waals surface area contributed by atoms with E-state index < -0.39 is 17.9 Å². The summed E-state index contributed by atoms with van der Waals surface area (Å²) in [5, 5.41) is 33.1. The molecule has 1 heterocycles. The monoisotopic (exact) mass is 502 g/mol. The molecule has 0 atom stereocenters. The zero-order valence-electron chi connectivity index (χ0n) is 20.3. The van der Waals surface area contributed by atoms with E-state index in [1.165, 1.54) is 0 Å². The van der Waals surface area contributed by atoms with E-state index in [1.807, 2.05) is 4.90 Å². The van der Waals surface area contributed by atoms with Crippen LogP contribution in [0, 0.1) is 0 Å². The zero-order valence-corrected chi connectivity index (χ0v) is 20.3. The molecule has 0 aromatic carbocycles. The van der Waals surface area contributed by atoms with Crippen molar-refractivity contribution in [2.75, 3.05) is 91.6 Å². The van der Waals surface area contributed by atoms with Crippen LogP contribution in [0.25, 0.3) is 0 Å². The quantitative estimate of drug-likeness (QED) is 0.172. The van der Waals surface area contributed by atoms with Gasteiger partial charge in [0.15, 0.2) is 0 Å². The molecule has 35 heavy (non-hydrogen) atoms. The van der Waals surface area contributed by atoms with Crippen LogP contribution in [0.5, 0.6) is 0 Å². The summed E-state index contributed by atoms with van der Waals surface area (Å²) in [6.45, 7) is 4.35. The van der Waals surface area contributed by atoms with Crippen LogP contribution < -0.4 is 10.6 Å². The molecule has 0 aromatic rings. The maximum atomic E-state index is 12.4. The van der Waals surface area contributed by atoms with Crippen molar-refractivity contribution in [2.24, 2.45) is 0 Å². The average molecular weight is 503 g/mol. The van der Waals surface area contributed by atoms with E-state index in [0.29, 0.717) is 65.3 Å². The smallest absolute Gasteiger partial charge is 0.317 e. The fraction of sp³-hybridized carbons (Fsp3) is 0.762. The van der Waals surface area contributed by atoms with Crippen molar-refractivity contribution in [2.45, 2.75) is 13.3 Å². The van der Waals surface area contributed by atoms with E-state index in [4.69, 9.17) is 0 Å². The van der Waals surface area contributed by atoms with E-state index in [1.54, 1.807) is 21.6 Å². The Labute approximate surface area is 204 Å². The molecular formula is C21H38N6O8. The second-order valence-electron chi connectivity index (χ2n) is 8.34. The largest absolute Gasteiger partial charge is 0.480 e. The molecule has 0 spiro atoms. The average Bonchev–Trinajstić information content (AvgIpc) is 2.77. The molecule has 200 valence electrons. The van der Waals surface area contributed by atoms with Crippen LogP contribution in [0.3, 0.4) is 0 Å². The van der Waals surface area contributed by atoms with E-state index in [9.17, 15) is 39.3 Å². The van der Waals surface area contributed by atoms with Gasteiger partial charge in [-0.05, 0) is 0 Å². The first-order chi connectivity index (χ1) is 16.6. The fourth-order valence-corrected chi connectivity index (χ4v) is 3.57. The van der Waals surface area contributed by atoms with E-state index in [2.05, 4.69) is 10.6 Å². The van der Waals surface area contributed by atoms with Gasteiger partial charge in [-0.15, -0.1) is 0 Å². The predicted molar refractivity (Wildman–Crippen MR) is 125 cm³/mol. The van der Waals surface area contributed by atoms with E-state index >= 15 is 0 Å². The second-order valence-corrected chi connectivity index (χ2v) is 8.34. The van der Waals surface area contributed by atoms with Gasteiger partial charge in [0.25, 0.3) is 0 Å². The van der Waals surface area contributed by atoms with Crippen LogP contribution in [0.2, 0.25) is 0 Å². The molecule has 0 aliphatic carbocycles. The normalized spacial score (nSPS) is 17.6. The van der Waals surface area contributed by atoms with Gasteiger partial charge in [-0.3, -0.25) is 43.6 Å². The Kier molecular flexibility index (Phi) is 14.5. The lowest BCUT2D eigenvalue weighted by atomic mass is 10.3. The van der Waals surface area contributed by atoms with Gasteiger partial charge in [0, 0.05) is 71.9 Å². The van der Waals surface area contributed by atoms with Crippen molar-refractivity contribution in [3.8, 4) is 0 Å². The Bertz CT molecular complexity index is 690. The maximum Gasteiger partial charge on any atom is 0.317 e. The molecule has 1 saturated heterocycles. The fourth-order valence-electron chi connectivity index (χ4n) is 3.57. The minimum atomic E-state index is -1.02. The standard InChI is InChI=1S/C21H38N6O8/c1-2-17(28)22-3-4-23-18(29)13-24-5-7-25(14-19(30)31)9-11-27(16-21(34)35)12-10-26(8-6-24)15-20(32)33/h2-16H2,1H3,(H,22,28)(H,23,29)(H,30,31)(H,32,33)(H,34,35). The highest BCUT2D eigenvalue weighted by Crippen LogP contribution is 2.01. The van der Waals surface area contributed by atoms with Gasteiger partial charge in [0.2, 0.25) is 11.8 Å². The SMILES string of the molecule is CCC(=O)NCCNC(=O)CN1CCN(CC(=O)O)CCN(CC(=O)O)CCN(CC(=O)O)CC1. The molecule has 0 aromatic heterocycles. The number of rotatable bonds is 12. The minimum absolute atomic E-state index is 0.0364. The molecular weight excluding hydrogens is 464 g/mol. The highest BCUT2D eigenvalue weighted by molar-refractivity contribution is 5.78. The molecule has 14 heteroatoms. The van der Waals surface area contributed by atoms with Crippen LogP contribution in [0.4, 0.5) is 0 Å². The van der Waals surface area contributed by atoms with Crippen LogP contribution in [-0.4, -0.2) is 156 Å².